The van der Waals surface area contributed by atoms with Gasteiger partial charge in [0.1, 0.15) is 0 Å². The molecular formula is C17H20ClNO2. The highest BCUT2D eigenvalue weighted by atomic mass is 35.5. The van der Waals surface area contributed by atoms with Crippen molar-refractivity contribution in [2.75, 3.05) is 21.3 Å². The highest BCUT2D eigenvalue weighted by Gasteiger charge is 2.12. The number of halogens is 1. The summed E-state index contributed by atoms with van der Waals surface area (Å²) in [4.78, 5) is 0. The van der Waals surface area contributed by atoms with Crippen molar-refractivity contribution < 1.29 is 9.47 Å². The van der Waals surface area contributed by atoms with Crippen LogP contribution >= 0.6 is 11.6 Å². The van der Waals surface area contributed by atoms with E-state index in [2.05, 4.69) is 11.4 Å². The molecule has 0 aliphatic carbocycles. The SMILES string of the molecule is CNC(Cc1ccc(OC)c(OC)c1)c1ccc(Cl)cc1. The Morgan fingerprint density at radius 1 is 1.00 bits per heavy atom. The van der Waals surface area contributed by atoms with E-state index in [1.807, 2.05) is 43.4 Å². The van der Waals surface area contributed by atoms with E-state index < -0.39 is 0 Å². The van der Waals surface area contributed by atoms with Crippen LogP contribution < -0.4 is 14.8 Å². The molecular weight excluding hydrogens is 286 g/mol. The van der Waals surface area contributed by atoms with Crippen molar-refractivity contribution in [2.24, 2.45) is 0 Å². The number of nitrogens with one attached hydrogen (secondary N) is 1. The monoisotopic (exact) mass is 305 g/mol. The summed E-state index contributed by atoms with van der Waals surface area (Å²) in [5.74, 6) is 1.50. The van der Waals surface area contributed by atoms with E-state index in [9.17, 15) is 0 Å². The zero-order chi connectivity index (χ0) is 15.2. The van der Waals surface area contributed by atoms with Gasteiger partial charge in [-0.1, -0.05) is 29.8 Å². The van der Waals surface area contributed by atoms with Gasteiger partial charge in [-0.2, -0.15) is 0 Å². The summed E-state index contributed by atoms with van der Waals surface area (Å²) < 4.78 is 10.6. The molecule has 0 saturated carbocycles. The quantitative estimate of drug-likeness (QED) is 0.879. The van der Waals surface area contributed by atoms with Gasteiger partial charge in [-0.15, -0.1) is 0 Å². The van der Waals surface area contributed by atoms with Crippen LogP contribution in [0.4, 0.5) is 0 Å². The van der Waals surface area contributed by atoms with Crippen LogP contribution in [0.2, 0.25) is 5.02 Å². The molecule has 4 heteroatoms. The molecule has 0 aromatic heterocycles. The third-order valence-corrected chi connectivity index (χ3v) is 3.76. The largest absolute Gasteiger partial charge is 0.493 e. The van der Waals surface area contributed by atoms with Gasteiger partial charge >= 0.3 is 0 Å². The zero-order valence-corrected chi connectivity index (χ0v) is 13.3. The second-order valence-electron chi connectivity index (χ2n) is 4.79. The first-order valence-corrected chi connectivity index (χ1v) is 7.19. The van der Waals surface area contributed by atoms with Gasteiger partial charge in [0.15, 0.2) is 11.5 Å². The van der Waals surface area contributed by atoms with Gasteiger partial charge in [-0.3, -0.25) is 0 Å². The first-order valence-electron chi connectivity index (χ1n) is 6.81. The lowest BCUT2D eigenvalue weighted by molar-refractivity contribution is 0.354. The molecule has 0 fully saturated rings. The van der Waals surface area contributed by atoms with E-state index in [1.165, 1.54) is 11.1 Å². The van der Waals surface area contributed by atoms with E-state index in [1.54, 1.807) is 14.2 Å². The summed E-state index contributed by atoms with van der Waals surface area (Å²) in [5.41, 5.74) is 2.39. The number of benzene rings is 2. The molecule has 0 bridgehead atoms. The predicted molar refractivity (Wildman–Crippen MR) is 86.5 cm³/mol. The second kappa shape index (κ2) is 7.34. The molecule has 0 spiro atoms. The van der Waals surface area contributed by atoms with Gasteiger partial charge in [0.2, 0.25) is 0 Å². The Bertz CT molecular complexity index is 584. The van der Waals surface area contributed by atoms with E-state index in [4.69, 9.17) is 21.1 Å². The lowest BCUT2D eigenvalue weighted by Crippen LogP contribution is -2.18. The van der Waals surface area contributed by atoms with Gasteiger partial charge < -0.3 is 14.8 Å². The summed E-state index contributed by atoms with van der Waals surface area (Å²) in [7, 11) is 5.25. The minimum absolute atomic E-state index is 0.223. The average molecular weight is 306 g/mol. The smallest absolute Gasteiger partial charge is 0.160 e. The fourth-order valence-corrected chi connectivity index (χ4v) is 2.45. The Hall–Kier alpha value is -1.71. The fourth-order valence-electron chi connectivity index (χ4n) is 2.32. The lowest BCUT2D eigenvalue weighted by Gasteiger charge is -2.18. The second-order valence-corrected chi connectivity index (χ2v) is 5.22. The van der Waals surface area contributed by atoms with Gasteiger partial charge in [-0.05, 0) is 48.9 Å². The standard InChI is InChI=1S/C17H20ClNO2/c1-19-15(13-5-7-14(18)8-6-13)10-12-4-9-16(20-2)17(11-12)21-3/h4-9,11,15,19H,10H2,1-3H3. The number of ether oxygens (including phenoxy) is 2. The van der Waals surface area contributed by atoms with Crippen molar-refractivity contribution >= 4 is 11.6 Å². The molecule has 0 saturated heterocycles. The first kappa shape index (κ1) is 15.7. The molecule has 112 valence electrons. The number of hydrogen-bond acceptors (Lipinski definition) is 3. The van der Waals surface area contributed by atoms with Crippen molar-refractivity contribution in [3.63, 3.8) is 0 Å². The Morgan fingerprint density at radius 2 is 1.67 bits per heavy atom. The lowest BCUT2D eigenvalue weighted by atomic mass is 9.99. The summed E-state index contributed by atoms with van der Waals surface area (Å²) >= 11 is 5.94. The normalized spacial score (nSPS) is 12.0. The average Bonchev–Trinajstić information content (AvgIpc) is 2.53. The van der Waals surface area contributed by atoms with E-state index in [0.29, 0.717) is 0 Å². The van der Waals surface area contributed by atoms with Crippen molar-refractivity contribution in [3.05, 3.63) is 58.6 Å². The molecule has 21 heavy (non-hydrogen) atoms. The summed E-state index contributed by atoms with van der Waals surface area (Å²) in [6.45, 7) is 0. The molecule has 0 aliphatic heterocycles. The van der Waals surface area contributed by atoms with E-state index in [-0.39, 0.29) is 6.04 Å². The summed E-state index contributed by atoms with van der Waals surface area (Å²) in [6, 6.07) is 14.1. The Labute approximate surface area is 130 Å². The Balaban J connectivity index is 2.20. The minimum Gasteiger partial charge on any atom is -0.493 e. The van der Waals surface area contributed by atoms with Gasteiger partial charge in [0.25, 0.3) is 0 Å². The molecule has 1 unspecified atom stereocenters. The van der Waals surface area contributed by atoms with Crippen LogP contribution in [0.1, 0.15) is 17.2 Å². The number of rotatable bonds is 6. The van der Waals surface area contributed by atoms with Crippen molar-refractivity contribution in [1.82, 2.24) is 5.32 Å². The third kappa shape index (κ3) is 3.90. The molecule has 0 aliphatic rings. The van der Waals surface area contributed by atoms with E-state index >= 15 is 0 Å². The Kier molecular flexibility index (Phi) is 5.48. The van der Waals surface area contributed by atoms with Gasteiger partial charge in [0, 0.05) is 11.1 Å². The third-order valence-electron chi connectivity index (χ3n) is 3.51. The first-order chi connectivity index (χ1) is 10.2. The number of methoxy groups -OCH3 is 2. The van der Waals surface area contributed by atoms with Crippen LogP contribution in [0.15, 0.2) is 42.5 Å². The molecule has 2 rings (SSSR count). The minimum atomic E-state index is 0.223. The van der Waals surface area contributed by atoms with Crippen molar-refractivity contribution in [2.45, 2.75) is 12.5 Å². The maximum atomic E-state index is 5.94. The maximum absolute atomic E-state index is 5.94. The van der Waals surface area contributed by atoms with Crippen LogP contribution in [0.3, 0.4) is 0 Å². The topological polar surface area (TPSA) is 30.5 Å². The van der Waals surface area contributed by atoms with Crippen molar-refractivity contribution in [3.8, 4) is 11.5 Å². The highest BCUT2D eigenvalue weighted by molar-refractivity contribution is 6.30. The summed E-state index contributed by atoms with van der Waals surface area (Å²) in [5, 5.41) is 4.09. The molecule has 0 radical (unpaired) electrons. The van der Waals surface area contributed by atoms with Crippen LogP contribution in [-0.4, -0.2) is 21.3 Å². The molecule has 0 heterocycles. The number of hydrogen-bond donors (Lipinski definition) is 1. The van der Waals surface area contributed by atoms with Crippen LogP contribution in [0, 0.1) is 0 Å². The highest BCUT2D eigenvalue weighted by Crippen LogP contribution is 2.29. The van der Waals surface area contributed by atoms with Crippen LogP contribution in [0.5, 0.6) is 11.5 Å². The molecule has 0 amide bonds. The molecule has 1 atom stereocenters. The van der Waals surface area contributed by atoms with Crippen LogP contribution in [0.25, 0.3) is 0 Å². The Morgan fingerprint density at radius 3 is 2.24 bits per heavy atom. The zero-order valence-electron chi connectivity index (χ0n) is 12.5. The number of likely N-dealkylation sites (N-methyl/N-ethyl adjacent to an activating group) is 1. The van der Waals surface area contributed by atoms with E-state index in [0.717, 1.165) is 22.9 Å². The molecule has 1 N–H and O–H groups in total. The predicted octanol–water partition coefficient (Wildman–Crippen LogP) is 3.86. The van der Waals surface area contributed by atoms with Gasteiger partial charge in [0.05, 0.1) is 14.2 Å². The molecule has 2 aromatic rings. The van der Waals surface area contributed by atoms with Gasteiger partial charge in [-0.25, -0.2) is 0 Å². The van der Waals surface area contributed by atoms with Crippen LogP contribution in [-0.2, 0) is 6.42 Å². The van der Waals surface area contributed by atoms with Crippen molar-refractivity contribution in [1.29, 1.82) is 0 Å². The summed E-state index contributed by atoms with van der Waals surface area (Å²) in [6.07, 6.45) is 0.860. The molecule has 2 aromatic carbocycles. The fraction of sp³-hybridized carbons (Fsp3) is 0.294. The maximum Gasteiger partial charge on any atom is 0.160 e. The molecule has 3 nitrogen and oxygen atoms in total.